The fraction of sp³-hybridized carbons (Fsp3) is 0.289. The highest BCUT2D eigenvalue weighted by Gasteiger charge is 2.62. The molecule has 2 aromatic heterocycles. The Kier molecular flexibility index (Phi) is 4.98. The highest BCUT2D eigenvalue weighted by atomic mass is 28.3. The van der Waals surface area contributed by atoms with E-state index in [1.807, 2.05) is 6.07 Å². The van der Waals surface area contributed by atoms with Crippen LogP contribution in [-0.4, -0.2) is 12.6 Å². The molecule has 206 valence electrons. The summed E-state index contributed by atoms with van der Waals surface area (Å²) < 4.78 is 31.2. The number of imidazole rings is 1. The van der Waals surface area contributed by atoms with Crippen molar-refractivity contribution in [2.75, 3.05) is 0 Å². The van der Waals surface area contributed by atoms with Gasteiger partial charge in [0, 0.05) is 32.4 Å². The Morgan fingerprint density at radius 2 is 1.41 bits per heavy atom. The zero-order valence-corrected chi connectivity index (χ0v) is 26.2. The first-order chi connectivity index (χ1) is 20.8. The van der Waals surface area contributed by atoms with Gasteiger partial charge in [0.2, 0.25) is 8.07 Å². The fourth-order valence-corrected chi connectivity index (χ4v) is 14.4. The summed E-state index contributed by atoms with van der Waals surface area (Å²) in [4.78, 5) is 0. The van der Waals surface area contributed by atoms with Crippen molar-refractivity contribution in [3.63, 3.8) is 0 Å². The van der Waals surface area contributed by atoms with E-state index in [9.17, 15) is 0 Å². The van der Waals surface area contributed by atoms with E-state index in [1.165, 1.54) is 43.5 Å². The molecule has 7 rings (SSSR count). The maximum Gasteiger partial charge on any atom is 0.295 e. The van der Waals surface area contributed by atoms with E-state index in [1.54, 1.807) is 0 Å². The highest BCUT2D eigenvalue weighted by molar-refractivity contribution is 7.12. The number of nitrogens with zero attached hydrogens (tertiary/aromatic N) is 2. The van der Waals surface area contributed by atoms with Crippen molar-refractivity contribution < 1.29 is 8.51 Å². The molecular formula is C38H41N2Si+. The van der Waals surface area contributed by atoms with Gasteiger partial charge in [0.1, 0.15) is 16.5 Å². The molecule has 0 atom stereocenters. The van der Waals surface area contributed by atoms with Gasteiger partial charge in [-0.2, -0.15) is 4.40 Å². The Morgan fingerprint density at radius 3 is 1.98 bits per heavy atom. The Hall–Kier alpha value is -3.69. The Balaban J connectivity index is 1.91. The number of hydrogen-bond donors (Lipinski definition) is 0. The van der Waals surface area contributed by atoms with Crippen molar-refractivity contribution in [1.82, 2.24) is 4.57 Å². The summed E-state index contributed by atoms with van der Waals surface area (Å²) in [7, 11) is -2.85. The van der Waals surface area contributed by atoms with E-state index in [0.29, 0.717) is 5.56 Å². The molecule has 0 fully saturated rings. The first kappa shape index (κ1) is 22.9. The van der Waals surface area contributed by atoms with Crippen molar-refractivity contribution >= 4 is 51.1 Å². The molecule has 2 nitrogen and oxygen atoms in total. The van der Waals surface area contributed by atoms with Crippen LogP contribution in [0.1, 0.15) is 80.0 Å². The summed E-state index contributed by atoms with van der Waals surface area (Å²) in [6.07, 6.45) is 0. The van der Waals surface area contributed by atoms with Gasteiger partial charge in [0.15, 0.2) is 0 Å². The quantitative estimate of drug-likeness (QED) is 0.124. The Labute approximate surface area is 249 Å². The van der Waals surface area contributed by atoms with Crippen LogP contribution in [0, 0.1) is 13.8 Å². The molecule has 0 saturated heterocycles. The zero-order chi connectivity index (χ0) is 31.3. The number of pyridine rings is 1. The molecule has 41 heavy (non-hydrogen) atoms. The van der Waals surface area contributed by atoms with Crippen LogP contribution in [0.2, 0.25) is 0 Å². The van der Waals surface area contributed by atoms with Crippen LogP contribution in [0.15, 0.2) is 91.0 Å². The standard InChI is InChI=1S/C38H41N2Si/c1-24(2)30-20-15-21-31-33-26(5)22-23-32-35(33)40-36(34(30)31)39(25(3)4)27(6)37(40)41(38(32,7)8,28-16-11-9-12-17-28)29-18-13-10-14-19-29/h9-25H,1-8H3/q+1/i5D3. The van der Waals surface area contributed by atoms with Crippen LogP contribution in [0.25, 0.3) is 27.3 Å². The van der Waals surface area contributed by atoms with Gasteiger partial charge in [-0.15, -0.1) is 0 Å². The first-order valence-electron chi connectivity index (χ1n) is 16.5. The molecular weight excluding hydrogens is 513 g/mol. The van der Waals surface area contributed by atoms with Gasteiger partial charge >= 0.3 is 0 Å². The van der Waals surface area contributed by atoms with Crippen LogP contribution in [0.3, 0.4) is 0 Å². The molecule has 0 aliphatic carbocycles. The monoisotopic (exact) mass is 556 g/mol. The van der Waals surface area contributed by atoms with Crippen LogP contribution < -0.4 is 20.1 Å². The van der Waals surface area contributed by atoms with Gasteiger partial charge < -0.3 is 0 Å². The second-order valence-electron chi connectivity index (χ2n) is 13.0. The Bertz CT molecular complexity index is 2050. The maximum atomic E-state index is 8.71. The average molecular weight is 557 g/mol. The maximum absolute atomic E-state index is 8.71. The third-order valence-corrected chi connectivity index (χ3v) is 15.7. The molecule has 6 aromatic rings. The molecule has 4 aromatic carbocycles. The van der Waals surface area contributed by atoms with Crippen molar-refractivity contribution in [1.29, 1.82) is 0 Å². The lowest BCUT2D eigenvalue weighted by molar-refractivity contribution is -0.461. The molecule has 0 bridgehead atoms. The molecule has 0 N–H and O–H groups in total. The largest absolute Gasteiger partial charge is 0.295 e. The third kappa shape index (κ3) is 3.16. The average Bonchev–Trinajstić information content (AvgIpc) is 3.30. The molecule has 0 unspecified atom stereocenters. The second kappa shape index (κ2) is 8.90. The summed E-state index contributed by atoms with van der Waals surface area (Å²) >= 11 is 0. The number of fused-ring (bicyclic) bond motifs is 3. The van der Waals surface area contributed by atoms with E-state index >= 15 is 0 Å². The number of aryl methyl sites for hydroxylation is 1. The van der Waals surface area contributed by atoms with Crippen LogP contribution in [0.4, 0.5) is 0 Å². The lowest BCUT2D eigenvalue weighted by Gasteiger charge is -2.47. The van der Waals surface area contributed by atoms with Crippen LogP contribution in [-0.2, 0) is 5.04 Å². The normalized spacial score (nSPS) is 17.0. The van der Waals surface area contributed by atoms with Gasteiger partial charge in [0.25, 0.3) is 5.65 Å². The van der Waals surface area contributed by atoms with Gasteiger partial charge in [-0.05, 0) is 48.1 Å². The van der Waals surface area contributed by atoms with E-state index in [0.717, 1.165) is 16.3 Å². The van der Waals surface area contributed by atoms with Crippen molar-refractivity contribution in [2.24, 2.45) is 0 Å². The summed E-state index contributed by atoms with van der Waals surface area (Å²) in [6.45, 7) is 13.9. The smallest absolute Gasteiger partial charge is 0.225 e. The van der Waals surface area contributed by atoms with Crippen molar-refractivity contribution in [3.05, 3.63) is 113 Å². The molecule has 3 heteroatoms. The summed E-state index contributed by atoms with van der Waals surface area (Å²) in [5.74, 6) is 0.267. The van der Waals surface area contributed by atoms with Gasteiger partial charge in [-0.25, -0.2) is 4.57 Å². The molecule has 0 spiro atoms. The first-order valence-corrected chi connectivity index (χ1v) is 17.0. The van der Waals surface area contributed by atoms with E-state index in [-0.39, 0.29) is 17.0 Å². The van der Waals surface area contributed by atoms with Crippen molar-refractivity contribution in [2.45, 2.75) is 72.3 Å². The van der Waals surface area contributed by atoms with Crippen LogP contribution in [0.5, 0.6) is 0 Å². The van der Waals surface area contributed by atoms with E-state index < -0.39 is 14.9 Å². The molecule has 1 aliphatic rings. The number of benzene rings is 4. The summed E-state index contributed by atoms with van der Waals surface area (Å²) in [5, 5.41) is 6.85. The topological polar surface area (TPSA) is 9.03 Å². The third-order valence-electron chi connectivity index (χ3n) is 9.88. The van der Waals surface area contributed by atoms with E-state index in [2.05, 4.69) is 142 Å². The highest BCUT2D eigenvalue weighted by Crippen LogP contribution is 2.44. The lowest BCUT2D eigenvalue weighted by atomic mass is 9.90. The summed E-state index contributed by atoms with van der Waals surface area (Å²) in [6, 6.07) is 33.0. The molecule has 0 amide bonds. The molecule has 0 radical (unpaired) electrons. The predicted octanol–water partition coefficient (Wildman–Crippen LogP) is 7.15. The fourth-order valence-electron chi connectivity index (χ4n) is 8.31. The SMILES string of the molecule is [2H]C([2H])([2H])c1ccc2c3c1c1cccc(C(C)C)c1c1n(C(C)C)c(C)c([n+]31)[Si](c1ccccc1)(c1ccccc1)C2(C)C. The van der Waals surface area contributed by atoms with E-state index in [4.69, 9.17) is 4.11 Å². The predicted molar refractivity (Wildman–Crippen MR) is 177 cm³/mol. The minimum Gasteiger partial charge on any atom is -0.225 e. The van der Waals surface area contributed by atoms with Crippen molar-refractivity contribution in [3.8, 4) is 0 Å². The lowest BCUT2D eigenvalue weighted by Crippen LogP contribution is -2.83. The van der Waals surface area contributed by atoms with Gasteiger partial charge in [-0.3, -0.25) is 0 Å². The molecule has 1 aliphatic heterocycles. The van der Waals surface area contributed by atoms with Gasteiger partial charge in [-0.1, -0.05) is 119 Å². The molecule has 3 heterocycles. The van der Waals surface area contributed by atoms with Crippen LogP contribution >= 0.6 is 0 Å². The van der Waals surface area contributed by atoms with Gasteiger partial charge in [0.05, 0.1) is 11.4 Å². The summed E-state index contributed by atoms with van der Waals surface area (Å²) in [5.41, 5.74) is 6.41. The second-order valence-corrected chi connectivity index (χ2v) is 17.4. The number of rotatable bonds is 4. The minimum atomic E-state index is -2.85. The molecule has 0 saturated carbocycles. The zero-order valence-electron chi connectivity index (χ0n) is 28.2. The Morgan fingerprint density at radius 1 is 0.780 bits per heavy atom. The number of aromatic nitrogens is 2. The minimum absolute atomic E-state index is 0.202. The number of hydrogen-bond acceptors (Lipinski definition) is 0.